The molecule has 0 bridgehead atoms. The summed E-state index contributed by atoms with van der Waals surface area (Å²) in [5.41, 5.74) is 2.41. The van der Waals surface area contributed by atoms with Crippen LogP contribution in [0.15, 0.2) is 18.2 Å². The Labute approximate surface area is 147 Å². The molecule has 24 heavy (non-hydrogen) atoms. The van der Waals surface area contributed by atoms with Gasteiger partial charge in [-0.25, -0.2) is 0 Å². The quantitative estimate of drug-likeness (QED) is 0.875. The fourth-order valence-corrected chi connectivity index (χ4v) is 3.65. The topological polar surface area (TPSA) is 61.4 Å². The average molecular weight is 350 g/mol. The van der Waals surface area contributed by atoms with Crippen molar-refractivity contribution < 1.29 is 9.59 Å². The Hall–Kier alpha value is -1.75. The second-order valence-electron chi connectivity index (χ2n) is 6.82. The number of carbonyl (C=O) groups is 2. The molecule has 3 rings (SSSR count). The van der Waals surface area contributed by atoms with Gasteiger partial charge in [0, 0.05) is 43.3 Å². The Morgan fingerprint density at radius 1 is 1.42 bits per heavy atom. The van der Waals surface area contributed by atoms with Crippen LogP contribution in [-0.4, -0.2) is 38.0 Å². The van der Waals surface area contributed by atoms with Crippen LogP contribution in [0.25, 0.3) is 0 Å². The van der Waals surface area contributed by atoms with Crippen molar-refractivity contribution in [2.75, 3.05) is 31.1 Å². The van der Waals surface area contributed by atoms with E-state index in [0.717, 1.165) is 24.5 Å². The van der Waals surface area contributed by atoms with Crippen LogP contribution in [0.2, 0.25) is 5.02 Å². The summed E-state index contributed by atoms with van der Waals surface area (Å²) in [5, 5.41) is 6.58. The molecule has 0 radical (unpaired) electrons. The molecule has 0 aliphatic carbocycles. The van der Waals surface area contributed by atoms with E-state index in [1.165, 1.54) is 11.3 Å². The highest BCUT2D eigenvalue weighted by Crippen LogP contribution is 2.29. The molecule has 0 spiro atoms. The number of piperidine rings is 1. The van der Waals surface area contributed by atoms with Gasteiger partial charge < -0.3 is 15.5 Å². The van der Waals surface area contributed by atoms with Gasteiger partial charge in [-0.15, -0.1) is 0 Å². The summed E-state index contributed by atoms with van der Waals surface area (Å²) in [7, 11) is 0. The SMILES string of the molecule is Cc1ccc(Cl)cc1N1CCC(CNC(=O)C2CCC(=O)NC2)C1. The summed E-state index contributed by atoms with van der Waals surface area (Å²) in [6.07, 6.45) is 2.16. The van der Waals surface area contributed by atoms with Crippen molar-refractivity contribution in [3.8, 4) is 0 Å². The number of anilines is 1. The van der Waals surface area contributed by atoms with Crippen molar-refractivity contribution >= 4 is 29.1 Å². The third-order valence-electron chi connectivity index (χ3n) is 5.00. The van der Waals surface area contributed by atoms with Crippen LogP contribution in [-0.2, 0) is 9.59 Å². The number of hydrogen-bond acceptors (Lipinski definition) is 3. The maximum absolute atomic E-state index is 12.2. The Balaban J connectivity index is 1.49. The minimum atomic E-state index is -0.0876. The predicted molar refractivity (Wildman–Crippen MR) is 95.3 cm³/mol. The van der Waals surface area contributed by atoms with E-state index < -0.39 is 0 Å². The Bertz CT molecular complexity index is 625. The molecule has 0 saturated carbocycles. The van der Waals surface area contributed by atoms with Crippen LogP contribution in [0.5, 0.6) is 0 Å². The molecule has 5 nitrogen and oxygen atoms in total. The molecule has 2 N–H and O–H groups in total. The maximum Gasteiger partial charge on any atom is 0.224 e. The van der Waals surface area contributed by atoms with Gasteiger partial charge in [0.2, 0.25) is 11.8 Å². The van der Waals surface area contributed by atoms with Crippen molar-refractivity contribution in [3.63, 3.8) is 0 Å². The van der Waals surface area contributed by atoms with Crippen LogP contribution in [0.4, 0.5) is 5.69 Å². The van der Waals surface area contributed by atoms with Gasteiger partial charge in [0.25, 0.3) is 0 Å². The van der Waals surface area contributed by atoms with Crippen LogP contribution >= 0.6 is 11.6 Å². The monoisotopic (exact) mass is 349 g/mol. The minimum Gasteiger partial charge on any atom is -0.371 e. The number of carbonyl (C=O) groups excluding carboxylic acids is 2. The number of nitrogens with one attached hydrogen (secondary N) is 2. The first kappa shape index (κ1) is 17.1. The number of rotatable bonds is 4. The maximum atomic E-state index is 12.2. The summed E-state index contributed by atoms with van der Waals surface area (Å²) >= 11 is 6.12. The summed E-state index contributed by atoms with van der Waals surface area (Å²) in [6.45, 7) is 5.17. The van der Waals surface area contributed by atoms with E-state index in [9.17, 15) is 9.59 Å². The molecule has 0 aromatic heterocycles. The van der Waals surface area contributed by atoms with Crippen LogP contribution < -0.4 is 15.5 Å². The molecule has 6 heteroatoms. The molecular weight excluding hydrogens is 326 g/mol. The van der Waals surface area contributed by atoms with Gasteiger partial charge in [0.05, 0.1) is 5.92 Å². The fourth-order valence-electron chi connectivity index (χ4n) is 3.49. The van der Waals surface area contributed by atoms with E-state index >= 15 is 0 Å². The lowest BCUT2D eigenvalue weighted by molar-refractivity contribution is -0.129. The normalized spacial score (nSPS) is 23.9. The first-order valence-corrected chi connectivity index (χ1v) is 8.96. The van der Waals surface area contributed by atoms with Gasteiger partial charge in [-0.1, -0.05) is 17.7 Å². The molecular formula is C18H24ClN3O2. The summed E-state index contributed by atoms with van der Waals surface area (Å²) in [4.78, 5) is 25.7. The molecule has 1 aromatic carbocycles. The van der Waals surface area contributed by atoms with Gasteiger partial charge >= 0.3 is 0 Å². The van der Waals surface area contributed by atoms with Crippen LogP contribution in [0.3, 0.4) is 0 Å². The zero-order valence-electron chi connectivity index (χ0n) is 14.0. The van der Waals surface area contributed by atoms with E-state index in [1.54, 1.807) is 0 Å². The van der Waals surface area contributed by atoms with E-state index in [1.807, 2.05) is 18.2 Å². The lowest BCUT2D eigenvalue weighted by Gasteiger charge is -2.23. The van der Waals surface area contributed by atoms with Crippen molar-refractivity contribution in [2.45, 2.75) is 26.2 Å². The smallest absolute Gasteiger partial charge is 0.224 e. The van der Waals surface area contributed by atoms with Gasteiger partial charge in [0.1, 0.15) is 0 Å². The molecule has 1 aromatic rings. The van der Waals surface area contributed by atoms with Gasteiger partial charge in [0.15, 0.2) is 0 Å². The average Bonchev–Trinajstić information content (AvgIpc) is 3.04. The van der Waals surface area contributed by atoms with Gasteiger partial charge in [-0.05, 0) is 43.4 Å². The number of nitrogens with zero attached hydrogens (tertiary/aromatic N) is 1. The Morgan fingerprint density at radius 2 is 2.25 bits per heavy atom. The lowest BCUT2D eigenvalue weighted by atomic mass is 9.98. The number of halogens is 1. The molecule has 2 aliphatic rings. The number of aryl methyl sites for hydroxylation is 1. The number of amides is 2. The predicted octanol–water partition coefficient (Wildman–Crippen LogP) is 2.12. The van der Waals surface area contributed by atoms with Crippen molar-refractivity contribution in [2.24, 2.45) is 11.8 Å². The first-order valence-electron chi connectivity index (χ1n) is 8.58. The van der Waals surface area contributed by atoms with Crippen molar-refractivity contribution in [1.82, 2.24) is 10.6 Å². The zero-order chi connectivity index (χ0) is 17.1. The molecule has 2 saturated heterocycles. The third kappa shape index (κ3) is 4.01. The highest BCUT2D eigenvalue weighted by atomic mass is 35.5. The molecule has 2 atom stereocenters. The molecule has 2 aliphatic heterocycles. The van der Waals surface area contributed by atoms with Crippen LogP contribution in [0, 0.1) is 18.8 Å². The second-order valence-corrected chi connectivity index (χ2v) is 7.25. The standard InChI is InChI=1S/C18H24ClN3O2/c1-12-2-4-15(19)8-16(12)22-7-6-13(11-22)9-21-18(24)14-3-5-17(23)20-10-14/h2,4,8,13-14H,3,5-7,9-11H2,1H3,(H,20,23)(H,21,24). The Kier molecular flexibility index (Phi) is 5.29. The van der Waals surface area contributed by atoms with E-state index in [0.29, 0.717) is 31.8 Å². The lowest BCUT2D eigenvalue weighted by Crippen LogP contribution is -2.44. The first-order chi connectivity index (χ1) is 11.5. The highest BCUT2D eigenvalue weighted by Gasteiger charge is 2.27. The largest absolute Gasteiger partial charge is 0.371 e. The van der Waals surface area contributed by atoms with E-state index in [4.69, 9.17) is 11.6 Å². The van der Waals surface area contributed by atoms with Crippen LogP contribution in [0.1, 0.15) is 24.8 Å². The highest BCUT2D eigenvalue weighted by molar-refractivity contribution is 6.30. The second kappa shape index (κ2) is 7.43. The Morgan fingerprint density at radius 3 is 3.00 bits per heavy atom. The molecule has 2 unspecified atom stereocenters. The van der Waals surface area contributed by atoms with E-state index in [2.05, 4.69) is 22.5 Å². The molecule has 130 valence electrons. The molecule has 2 fully saturated rings. The third-order valence-corrected chi connectivity index (χ3v) is 5.23. The fraction of sp³-hybridized carbons (Fsp3) is 0.556. The van der Waals surface area contributed by atoms with Crippen molar-refractivity contribution in [3.05, 3.63) is 28.8 Å². The van der Waals surface area contributed by atoms with Gasteiger partial charge in [-0.2, -0.15) is 0 Å². The molecule has 2 amide bonds. The van der Waals surface area contributed by atoms with Crippen molar-refractivity contribution in [1.29, 1.82) is 0 Å². The minimum absolute atomic E-state index is 0.0439. The summed E-state index contributed by atoms with van der Waals surface area (Å²) < 4.78 is 0. The zero-order valence-corrected chi connectivity index (χ0v) is 14.7. The number of hydrogen-bond donors (Lipinski definition) is 2. The van der Waals surface area contributed by atoms with Gasteiger partial charge in [-0.3, -0.25) is 9.59 Å². The summed E-state index contributed by atoms with van der Waals surface area (Å²) in [6, 6.07) is 5.98. The number of benzene rings is 1. The van der Waals surface area contributed by atoms with E-state index in [-0.39, 0.29) is 17.7 Å². The summed E-state index contributed by atoms with van der Waals surface area (Å²) in [5.74, 6) is 0.468. The molecule has 2 heterocycles.